The number of hydrogen-bond donors (Lipinski definition) is 0. The fraction of sp³-hybridized carbons (Fsp3) is 0.417. The van der Waals surface area contributed by atoms with Gasteiger partial charge in [-0.15, -0.1) is 0 Å². The summed E-state index contributed by atoms with van der Waals surface area (Å²) >= 11 is 0. The lowest BCUT2D eigenvalue weighted by atomic mass is 9.81. The quantitative estimate of drug-likeness (QED) is 0.714. The molecule has 0 aliphatic rings. The monoisotopic (exact) mass is 210 g/mol. The molecule has 0 bridgehead atoms. The van der Waals surface area contributed by atoms with Crippen molar-refractivity contribution in [3.63, 3.8) is 0 Å². The van der Waals surface area contributed by atoms with Crippen LogP contribution in [0, 0.1) is 5.82 Å². The predicted molar refractivity (Wildman–Crippen MR) is 56.7 cm³/mol. The highest BCUT2D eigenvalue weighted by Gasteiger charge is 2.24. The Hall–Kier alpha value is -1.38. The van der Waals surface area contributed by atoms with E-state index >= 15 is 0 Å². The number of carbonyl (C=O) groups excluding carboxylic acids is 1. The van der Waals surface area contributed by atoms with Crippen molar-refractivity contribution in [1.29, 1.82) is 0 Å². The smallest absolute Gasteiger partial charge is 0.126 e. The average Bonchev–Trinajstić information content (AvgIpc) is 2.17. The molecule has 82 valence electrons. The fourth-order valence-electron chi connectivity index (χ4n) is 1.54. The third-order valence-corrected chi connectivity index (χ3v) is 2.49. The zero-order valence-electron chi connectivity index (χ0n) is 9.21. The lowest BCUT2D eigenvalue weighted by Gasteiger charge is -2.24. The van der Waals surface area contributed by atoms with Crippen molar-refractivity contribution in [3.05, 3.63) is 29.6 Å². The molecule has 0 saturated carbocycles. The van der Waals surface area contributed by atoms with Crippen molar-refractivity contribution in [2.75, 3.05) is 7.11 Å². The van der Waals surface area contributed by atoms with E-state index in [1.807, 2.05) is 13.8 Å². The van der Waals surface area contributed by atoms with Crippen molar-refractivity contribution in [1.82, 2.24) is 0 Å². The Kier molecular flexibility index (Phi) is 3.45. The minimum Gasteiger partial charge on any atom is -0.496 e. The van der Waals surface area contributed by atoms with Crippen LogP contribution in [0.3, 0.4) is 0 Å². The van der Waals surface area contributed by atoms with Gasteiger partial charge in [-0.2, -0.15) is 0 Å². The van der Waals surface area contributed by atoms with Gasteiger partial charge in [-0.25, -0.2) is 4.39 Å². The molecule has 0 radical (unpaired) electrons. The van der Waals surface area contributed by atoms with Gasteiger partial charge in [0.2, 0.25) is 0 Å². The molecule has 0 aliphatic heterocycles. The second kappa shape index (κ2) is 4.43. The van der Waals surface area contributed by atoms with Crippen LogP contribution in [-0.4, -0.2) is 13.4 Å². The van der Waals surface area contributed by atoms with Crippen molar-refractivity contribution >= 4 is 6.29 Å². The molecule has 0 heterocycles. The number of rotatable bonds is 4. The zero-order chi connectivity index (χ0) is 11.5. The molecule has 0 N–H and O–H groups in total. The first kappa shape index (κ1) is 11.7. The van der Waals surface area contributed by atoms with E-state index in [9.17, 15) is 9.18 Å². The summed E-state index contributed by atoms with van der Waals surface area (Å²) in [7, 11) is 1.50. The SMILES string of the molecule is COc1cc(F)ccc1C(C)(C)CC=O. The number of ether oxygens (including phenoxy) is 1. The van der Waals surface area contributed by atoms with Crippen molar-refractivity contribution in [3.8, 4) is 5.75 Å². The normalized spacial score (nSPS) is 11.2. The Morgan fingerprint density at radius 3 is 2.67 bits per heavy atom. The Morgan fingerprint density at radius 2 is 2.13 bits per heavy atom. The highest BCUT2D eigenvalue weighted by molar-refractivity contribution is 5.54. The molecule has 0 unspecified atom stereocenters. The Bertz CT molecular complexity index is 359. The minimum absolute atomic E-state index is 0.333. The average molecular weight is 210 g/mol. The Balaban J connectivity index is 3.17. The molecule has 2 nitrogen and oxygen atoms in total. The van der Waals surface area contributed by atoms with E-state index in [0.29, 0.717) is 12.2 Å². The van der Waals surface area contributed by atoms with Gasteiger partial charge >= 0.3 is 0 Å². The molecule has 1 aromatic carbocycles. The summed E-state index contributed by atoms with van der Waals surface area (Å²) in [5.74, 6) is 0.152. The summed E-state index contributed by atoms with van der Waals surface area (Å²) < 4.78 is 18.1. The van der Waals surface area contributed by atoms with E-state index in [-0.39, 0.29) is 11.2 Å². The van der Waals surface area contributed by atoms with Gasteiger partial charge in [-0.05, 0) is 11.5 Å². The highest BCUT2D eigenvalue weighted by atomic mass is 19.1. The number of benzene rings is 1. The van der Waals surface area contributed by atoms with Gasteiger partial charge in [0.1, 0.15) is 17.9 Å². The van der Waals surface area contributed by atoms with E-state index < -0.39 is 0 Å². The van der Waals surface area contributed by atoms with Crippen molar-refractivity contribution in [2.45, 2.75) is 25.7 Å². The first-order valence-corrected chi connectivity index (χ1v) is 4.79. The van der Waals surface area contributed by atoms with Crippen LogP contribution in [0.2, 0.25) is 0 Å². The van der Waals surface area contributed by atoms with E-state index in [2.05, 4.69) is 0 Å². The summed E-state index contributed by atoms with van der Waals surface area (Å²) in [6.07, 6.45) is 1.25. The molecule has 1 aromatic rings. The number of aldehydes is 1. The van der Waals surface area contributed by atoms with E-state index in [4.69, 9.17) is 4.74 Å². The Labute approximate surface area is 89.1 Å². The molecule has 0 spiro atoms. The minimum atomic E-state index is -0.336. The van der Waals surface area contributed by atoms with Crippen LogP contribution < -0.4 is 4.74 Å². The fourth-order valence-corrected chi connectivity index (χ4v) is 1.54. The number of methoxy groups -OCH3 is 1. The van der Waals surface area contributed by atoms with E-state index in [1.54, 1.807) is 6.07 Å². The summed E-state index contributed by atoms with van der Waals surface area (Å²) in [5, 5.41) is 0. The summed E-state index contributed by atoms with van der Waals surface area (Å²) in [6, 6.07) is 4.38. The second-order valence-electron chi connectivity index (χ2n) is 4.10. The first-order valence-electron chi connectivity index (χ1n) is 4.79. The largest absolute Gasteiger partial charge is 0.496 e. The van der Waals surface area contributed by atoms with Gasteiger partial charge in [-0.3, -0.25) is 0 Å². The van der Waals surface area contributed by atoms with Gasteiger partial charge in [0.25, 0.3) is 0 Å². The van der Waals surface area contributed by atoms with Crippen molar-refractivity contribution < 1.29 is 13.9 Å². The number of carbonyl (C=O) groups is 1. The molecule has 0 fully saturated rings. The van der Waals surface area contributed by atoms with Crippen LogP contribution in [-0.2, 0) is 10.2 Å². The summed E-state index contributed by atoms with van der Waals surface area (Å²) in [4.78, 5) is 10.5. The molecule has 15 heavy (non-hydrogen) atoms. The van der Waals surface area contributed by atoms with Crippen LogP contribution in [0.25, 0.3) is 0 Å². The second-order valence-corrected chi connectivity index (χ2v) is 4.10. The molecular formula is C12H15FO2. The zero-order valence-corrected chi connectivity index (χ0v) is 9.21. The van der Waals surface area contributed by atoms with Gasteiger partial charge < -0.3 is 9.53 Å². The lowest BCUT2D eigenvalue weighted by molar-refractivity contribution is -0.108. The van der Waals surface area contributed by atoms with Gasteiger partial charge in [-0.1, -0.05) is 19.9 Å². The number of hydrogen-bond acceptors (Lipinski definition) is 2. The molecule has 0 amide bonds. The molecule has 0 aliphatic carbocycles. The third-order valence-electron chi connectivity index (χ3n) is 2.49. The maximum absolute atomic E-state index is 13.0. The van der Waals surface area contributed by atoms with Crippen molar-refractivity contribution in [2.24, 2.45) is 0 Å². The summed E-state index contributed by atoms with van der Waals surface area (Å²) in [5.41, 5.74) is 0.513. The van der Waals surface area contributed by atoms with E-state index in [0.717, 1.165) is 11.8 Å². The standard InChI is InChI=1S/C12H15FO2/c1-12(2,6-7-14)10-5-4-9(13)8-11(10)15-3/h4-5,7-8H,6H2,1-3H3. The predicted octanol–water partition coefficient (Wildman–Crippen LogP) is 2.70. The topological polar surface area (TPSA) is 26.3 Å². The van der Waals surface area contributed by atoms with Crippen LogP contribution in [0.5, 0.6) is 5.75 Å². The molecule has 0 aromatic heterocycles. The molecule has 0 saturated heterocycles. The van der Waals surface area contributed by atoms with E-state index in [1.165, 1.54) is 19.2 Å². The lowest BCUT2D eigenvalue weighted by Crippen LogP contribution is -2.18. The van der Waals surface area contributed by atoms with Crippen LogP contribution in [0.1, 0.15) is 25.8 Å². The van der Waals surface area contributed by atoms with Crippen LogP contribution in [0.15, 0.2) is 18.2 Å². The number of halogens is 1. The highest BCUT2D eigenvalue weighted by Crippen LogP contribution is 2.33. The molecular weight excluding hydrogens is 195 g/mol. The molecule has 1 rings (SSSR count). The van der Waals surface area contributed by atoms with Crippen LogP contribution in [0.4, 0.5) is 4.39 Å². The van der Waals surface area contributed by atoms with Gasteiger partial charge in [0.15, 0.2) is 0 Å². The summed E-state index contributed by atoms with van der Waals surface area (Å²) in [6.45, 7) is 3.86. The van der Waals surface area contributed by atoms with Gasteiger partial charge in [0.05, 0.1) is 7.11 Å². The maximum atomic E-state index is 13.0. The molecule has 3 heteroatoms. The third kappa shape index (κ3) is 2.55. The first-order chi connectivity index (χ1) is 7.01. The maximum Gasteiger partial charge on any atom is 0.126 e. The Morgan fingerprint density at radius 1 is 1.47 bits per heavy atom. The molecule has 0 atom stereocenters. The van der Waals surface area contributed by atoms with Crippen LogP contribution >= 0.6 is 0 Å². The van der Waals surface area contributed by atoms with Gasteiger partial charge in [0, 0.05) is 18.1 Å².